The van der Waals surface area contributed by atoms with E-state index < -0.39 is 0 Å². The molecule has 0 bridgehead atoms. The number of hydrogen-bond donors (Lipinski definition) is 0. The predicted octanol–water partition coefficient (Wildman–Crippen LogP) is 4.46. The molecule has 17 heavy (non-hydrogen) atoms. The van der Waals surface area contributed by atoms with Gasteiger partial charge in [-0.15, -0.1) is 22.7 Å². The summed E-state index contributed by atoms with van der Waals surface area (Å²) in [6, 6.07) is 0. The van der Waals surface area contributed by atoms with Gasteiger partial charge in [-0.2, -0.15) is 0 Å². The van der Waals surface area contributed by atoms with Crippen LogP contribution >= 0.6 is 22.7 Å². The van der Waals surface area contributed by atoms with Gasteiger partial charge >= 0.3 is 0 Å². The SMILES string of the molecule is CC(C)c1nc(CCC(C)c2nccs2)cs1. The van der Waals surface area contributed by atoms with Crippen molar-refractivity contribution in [2.75, 3.05) is 0 Å². The van der Waals surface area contributed by atoms with Gasteiger partial charge in [0.1, 0.15) is 0 Å². The lowest BCUT2D eigenvalue weighted by Crippen LogP contribution is -1.96. The van der Waals surface area contributed by atoms with E-state index in [4.69, 9.17) is 0 Å². The monoisotopic (exact) mass is 266 g/mol. The maximum Gasteiger partial charge on any atom is 0.0953 e. The van der Waals surface area contributed by atoms with Crippen molar-refractivity contribution < 1.29 is 0 Å². The Bertz CT molecular complexity index is 446. The van der Waals surface area contributed by atoms with Crippen LogP contribution in [-0.4, -0.2) is 9.97 Å². The standard InChI is InChI=1S/C13H18N2S2/c1-9(2)12-15-11(8-17-12)5-4-10(3)13-14-6-7-16-13/h6-10H,4-5H2,1-3H3. The first-order chi connectivity index (χ1) is 8.16. The second-order valence-corrected chi connectivity index (χ2v) is 6.46. The van der Waals surface area contributed by atoms with E-state index in [2.05, 4.69) is 36.1 Å². The van der Waals surface area contributed by atoms with Crippen LogP contribution in [0.15, 0.2) is 17.0 Å². The van der Waals surface area contributed by atoms with Crippen LogP contribution in [0.5, 0.6) is 0 Å². The maximum atomic E-state index is 4.66. The molecule has 0 fully saturated rings. The molecule has 0 aromatic carbocycles. The van der Waals surface area contributed by atoms with E-state index in [1.54, 1.807) is 22.7 Å². The van der Waals surface area contributed by atoms with Gasteiger partial charge in [0.2, 0.25) is 0 Å². The van der Waals surface area contributed by atoms with Crippen LogP contribution in [0.1, 0.15) is 54.7 Å². The molecule has 0 saturated heterocycles. The number of aromatic nitrogens is 2. The van der Waals surface area contributed by atoms with E-state index in [0.717, 1.165) is 12.8 Å². The third kappa shape index (κ3) is 3.36. The molecule has 0 saturated carbocycles. The Morgan fingerprint density at radius 2 is 2.00 bits per heavy atom. The summed E-state index contributed by atoms with van der Waals surface area (Å²) in [5.41, 5.74) is 1.24. The molecule has 0 amide bonds. The average molecular weight is 266 g/mol. The Morgan fingerprint density at radius 3 is 2.59 bits per heavy atom. The van der Waals surface area contributed by atoms with Crippen molar-refractivity contribution >= 4 is 22.7 Å². The van der Waals surface area contributed by atoms with Gasteiger partial charge in [0.05, 0.1) is 15.7 Å². The molecule has 1 atom stereocenters. The number of nitrogens with zero attached hydrogens (tertiary/aromatic N) is 2. The topological polar surface area (TPSA) is 25.8 Å². The lowest BCUT2D eigenvalue weighted by atomic mass is 10.1. The molecular weight excluding hydrogens is 248 g/mol. The van der Waals surface area contributed by atoms with E-state index in [-0.39, 0.29) is 0 Å². The summed E-state index contributed by atoms with van der Waals surface area (Å²) in [6.45, 7) is 6.64. The minimum atomic E-state index is 0.541. The van der Waals surface area contributed by atoms with Gasteiger partial charge in [-0.3, -0.25) is 0 Å². The summed E-state index contributed by atoms with van der Waals surface area (Å²) in [6.07, 6.45) is 4.08. The smallest absolute Gasteiger partial charge is 0.0953 e. The van der Waals surface area contributed by atoms with Crippen LogP contribution < -0.4 is 0 Å². The van der Waals surface area contributed by atoms with Gasteiger partial charge < -0.3 is 0 Å². The Kier molecular flexibility index (Phi) is 4.29. The van der Waals surface area contributed by atoms with Crippen molar-refractivity contribution in [1.82, 2.24) is 9.97 Å². The number of aryl methyl sites for hydroxylation is 1. The lowest BCUT2D eigenvalue weighted by molar-refractivity contribution is 0.665. The highest BCUT2D eigenvalue weighted by molar-refractivity contribution is 7.10. The van der Waals surface area contributed by atoms with Crippen molar-refractivity contribution in [1.29, 1.82) is 0 Å². The van der Waals surface area contributed by atoms with Gasteiger partial charge in [0.25, 0.3) is 0 Å². The molecule has 1 unspecified atom stereocenters. The van der Waals surface area contributed by atoms with Crippen molar-refractivity contribution in [2.24, 2.45) is 0 Å². The largest absolute Gasteiger partial charge is 0.249 e. The van der Waals surface area contributed by atoms with Crippen LogP contribution in [0.3, 0.4) is 0 Å². The lowest BCUT2D eigenvalue weighted by Gasteiger charge is -2.06. The molecule has 0 aliphatic carbocycles. The van der Waals surface area contributed by atoms with Gasteiger partial charge in [-0.1, -0.05) is 20.8 Å². The van der Waals surface area contributed by atoms with Crippen LogP contribution in [0, 0.1) is 0 Å². The number of thiazole rings is 2. The van der Waals surface area contributed by atoms with E-state index >= 15 is 0 Å². The first kappa shape index (κ1) is 12.7. The normalized spacial score (nSPS) is 13.2. The van der Waals surface area contributed by atoms with Crippen LogP contribution in [-0.2, 0) is 6.42 Å². The fourth-order valence-electron chi connectivity index (χ4n) is 1.67. The fourth-order valence-corrected chi connectivity index (χ4v) is 3.27. The van der Waals surface area contributed by atoms with Crippen LogP contribution in [0.4, 0.5) is 0 Å². The van der Waals surface area contributed by atoms with Crippen LogP contribution in [0.2, 0.25) is 0 Å². The quantitative estimate of drug-likeness (QED) is 0.798. The van der Waals surface area contributed by atoms with E-state index in [9.17, 15) is 0 Å². The first-order valence-electron chi connectivity index (χ1n) is 6.00. The summed E-state index contributed by atoms with van der Waals surface area (Å²) in [5.74, 6) is 1.09. The molecule has 2 aromatic heterocycles. The zero-order valence-electron chi connectivity index (χ0n) is 10.5. The van der Waals surface area contributed by atoms with Crippen molar-refractivity contribution in [3.63, 3.8) is 0 Å². The zero-order valence-corrected chi connectivity index (χ0v) is 12.1. The number of rotatable bonds is 5. The molecule has 0 N–H and O–H groups in total. The highest BCUT2D eigenvalue weighted by atomic mass is 32.1. The van der Waals surface area contributed by atoms with Gasteiger partial charge in [0, 0.05) is 28.8 Å². The Morgan fingerprint density at radius 1 is 1.18 bits per heavy atom. The molecule has 2 heterocycles. The third-order valence-corrected chi connectivity index (χ3v) is 4.97. The summed E-state index contributed by atoms with van der Waals surface area (Å²) >= 11 is 3.53. The molecule has 0 radical (unpaired) electrons. The predicted molar refractivity (Wildman–Crippen MR) is 75.1 cm³/mol. The highest BCUT2D eigenvalue weighted by Gasteiger charge is 2.10. The summed E-state index contributed by atoms with van der Waals surface area (Å²) in [4.78, 5) is 9.03. The Labute approximate surface area is 111 Å². The maximum absolute atomic E-state index is 4.66. The summed E-state index contributed by atoms with van der Waals surface area (Å²) in [5, 5.41) is 6.74. The molecular formula is C13H18N2S2. The minimum Gasteiger partial charge on any atom is -0.249 e. The Hall–Kier alpha value is -0.740. The zero-order chi connectivity index (χ0) is 12.3. The van der Waals surface area contributed by atoms with Gasteiger partial charge in [-0.25, -0.2) is 9.97 Å². The van der Waals surface area contributed by atoms with E-state index in [1.165, 1.54) is 15.7 Å². The van der Waals surface area contributed by atoms with Crippen molar-refractivity contribution in [3.8, 4) is 0 Å². The second kappa shape index (κ2) is 5.74. The third-order valence-electron chi connectivity index (χ3n) is 2.77. The molecule has 92 valence electrons. The molecule has 2 rings (SSSR count). The van der Waals surface area contributed by atoms with E-state index in [1.807, 2.05) is 11.6 Å². The average Bonchev–Trinajstić information content (AvgIpc) is 2.97. The molecule has 4 heteroatoms. The molecule has 0 aliphatic rings. The minimum absolute atomic E-state index is 0.541. The van der Waals surface area contributed by atoms with Gasteiger partial charge in [0.15, 0.2) is 0 Å². The molecule has 2 nitrogen and oxygen atoms in total. The summed E-state index contributed by atoms with van der Waals surface area (Å²) < 4.78 is 0. The Balaban J connectivity index is 1.89. The highest BCUT2D eigenvalue weighted by Crippen LogP contribution is 2.24. The summed E-state index contributed by atoms with van der Waals surface area (Å²) in [7, 11) is 0. The van der Waals surface area contributed by atoms with Crippen molar-refractivity contribution in [3.05, 3.63) is 32.7 Å². The molecule has 2 aromatic rings. The van der Waals surface area contributed by atoms with Crippen LogP contribution in [0.25, 0.3) is 0 Å². The second-order valence-electron chi connectivity index (χ2n) is 4.64. The number of hydrogen-bond acceptors (Lipinski definition) is 4. The molecule has 0 aliphatic heterocycles. The van der Waals surface area contributed by atoms with Gasteiger partial charge in [-0.05, 0) is 12.8 Å². The van der Waals surface area contributed by atoms with E-state index in [0.29, 0.717) is 11.8 Å². The molecule has 0 spiro atoms. The first-order valence-corrected chi connectivity index (χ1v) is 7.76. The van der Waals surface area contributed by atoms with Crippen molar-refractivity contribution in [2.45, 2.75) is 45.4 Å². The fraction of sp³-hybridized carbons (Fsp3) is 0.538.